The van der Waals surface area contributed by atoms with E-state index in [2.05, 4.69) is 10.6 Å². The molecule has 0 radical (unpaired) electrons. The second-order valence-electron chi connectivity index (χ2n) is 7.70. The van der Waals surface area contributed by atoms with E-state index < -0.39 is 41.6 Å². The Morgan fingerprint density at radius 3 is 2.38 bits per heavy atom. The van der Waals surface area contributed by atoms with Gasteiger partial charge in [-0.3, -0.25) is 14.4 Å². The predicted octanol–water partition coefficient (Wildman–Crippen LogP) is 1.50. The zero-order valence-corrected chi connectivity index (χ0v) is 17.5. The quantitative estimate of drug-likeness (QED) is 0.574. The summed E-state index contributed by atoms with van der Waals surface area (Å²) in [6.07, 6.45) is 0.0651. The number of nitrogens with one attached hydrogen (secondary N) is 2. The van der Waals surface area contributed by atoms with Crippen LogP contribution in [-0.4, -0.2) is 47.4 Å². The second kappa shape index (κ2) is 10.0. The summed E-state index contributed by atoms with van der Waals surface area (Å²) in [7, 11) is 0. The first-order valence-corrected chi connectivity index (χ1v) is 10.2. The standard InChI is InChI=1S/C23H24FN3O5/c1-14(21(29)26-19(23(31)32)11-15-5-3-2-4-6-15)25-22(30)16-12-20(28)27(13-16)18-9-7-17(24)8-10-18/h2-10,14,16,19H,11-13H2,1H3,(H,25,30)(H,26,29)(H,31,32)/t14-,16+,19-/m0/s1. The number of carbonyl (C=O) groups excluding carboxylic acids is 3. The summed E-state index contributed by atoms with van der Waals surface area (Å²) in [5.74, 6) is -3.69. The fourth-order valence-electron chi connectivity index (χ4n) is 3.50. The predicted molar refractivity (Wildman–Crippen MR) is 114 cm³/mol. The molecule has 2 aromatic rings. The SMILES string of the molecule is C[C@H](NC(=O)[C@@H]1CC(=O)N(c2ccc(F)cc2)C1)C(=O)N[C@@H](Cc1ccccc1)C(=O)O. The number of amides is 3. The minimum atomic E-state index is -1.18. The summed E-state index contributed by atoms with van der Waals surface area (Å²) in [5.41, 5.74) is 1.24. The zero-order chi connectivity index (χ0) is 23.3. The molecule has 1 fully saturated rings. The van der Waals surface area contributed by atoms with Crippen LogP contribution in [0, 0.1) is 11.7 Å². The van der Waals surface area contributed by atoms with Crippen LogP contribution in [0.1, 0.15) is 18.9 Å². The van der Waals surface area contributed by atoms with Gasteiger partial charge in [0, 0.05) is 25.1 Å². The van der Waals surface area contributed by atoms with Crippen molar-refractivity contribution in [3.8, 4) is 0 Å². The molecule has 3 atom stereocenters. The van der Waals surface area contributed by atoms with E-state index in [1.807, 2.05) is 0 Å². The fourth-order valence-corrected chi connectivity index (χ4v) is 3.50. The molecule has 9 heteroatoms. The van der Waals surface area contributed by atoms with Gasteiger partial charge in [-0.2, -0.15) is 0 Å². The maximum atomic E-state index is 13.1. The lowest BCUT2D eigenvalue weighted by molar-refractivity contribution is -0.142. The second-order valence-corrected chi connectivity index (χ2v) is 7.70. The van der Waals surface area contributed by atoms with Crippen molar-refractivity contribution in [1.82, 2.24) is 10.6 Å². The van der Waals surface area contributed by atoms with Gasteiger partial charge in [0.2, 0.25) is 17.7 Å². The molecule has 0 bridgehead atoms. The van der Waals surface area contributed by atoms with Gasteiger partial charge in [-0.1, -0.05) is 30.3 Å². The van der Waals surface area contributed by atoms with E-state index in [0.717, 1.165) is 5.56 Å². The largest absolute Gasteiger partial charge is 0.480 e. The number of halogens is 1. The van der Waals surface area contributed by atoms with Gasteiger partial charge in [-0.25, -0.2) is 9.18 Å². The number of nitrogens with zero attached hydrogens (tertiary/aromatic N) is 1. The van der Waals surface area contributed by atoms with E-state index >= 15 is 0 Å². The van der Waals surface area contributed by atoms with Crippen LogP contribution in [0.25, 0.3) is 0 Å². The molecule has 3 amide bonds. The highest BCUT2D eigenvalue weighted by Gasteiger charge is 2.36. The monoisotopic (exact) mass is 441 g/mol. The molecule has 1 heterocycles. The number of carboxylic acids is 1. The minimum Gasteiger partial charge on any atom is -0.480 e. The normalized spacial score (nSPS) is 17.5. The van der Waals surface area contributed by atoms with Crippen molar-refractivity contribution in [2.45, 2.75) is 31.8 Å². The Bertz CT molecular complexity index is 996. The van der Waals surface area contributed by atoms with E-state index in [0.29, 0.717) is 5.69 Å². The number of aliphatic carboxylic acids is 1. The summed E-state index contributed by atoms with van der Waals surface area (Å²) in [6.45, 7) is 1.56. The highest BCUT2D eigenvalue weighted by Crippen LogP contribution is 2.25. The van der Waals surface area contributed by atoms with Gasteiger partial charge in [-0.05, 0) is 36.8 Å². The molecule has 0 aromatic heterocycles. The molecule has 0 aliphatic carbocycles. The fraction of sp³-hybridized carbons (Fsp3) is 0.304. The first-order chi connectivity index (χ1) is 15.2. The zero-order valence-electron chi connectivity index (χ0n) is 17.5. The molecule has 32 heavy (non-hydrogen) atoms. The van der Waals surface area contributed by atoms with Gasteiger partial charge in [-0.15, -0.1) is 0 Å². The summed E-state index contributed by atoms with van der Waals surface area (Å²) in [6, 6.07) is 12.1. The number of hydrogen-bond donors (Lipinski definition) is 3. The number of hydrogen-bond acceptors (Lipinski definition) is 4. The Kier molecular flexibility index (Phi) is 7.19. The smallest absolute Gasteiger partial charge is 0.326 e. The summed E-state index contributed by atoms with van der Waals surface area (Å²) < 4.78 is 13.1. The van der Waals surface area contributed by atoms with Crippen LogP contribution in [0.2, 0.25) is 0 Å². The lowest BCUT2D eigenvalue weighted by Gasteiger charge is -2.20. The Labute approximate surface area is 184 Å². The molecule has 1 aliphatic heterocycles. The molecule has 0 saturated carbocycles. The Hall–Kier alpha value is -3.75. The molecule has 1 saturated heterocycles. The molecule has 1 aliphatic rings. The van der Waals surface area contributed by atoms with Crippen molar-refractivity contribution < 1.29 is 28.7 Å². The van der Waals surface area contributed by atoms with Crippen molar-refractivity contribution >= 4 is 29.4 Å². The van der Waals surface area contributed by atoms with Crippen LogP contribution in [0.5, 0.6) is 0 Å². The van der Waals surface area contributed by atoms with Crippen molar-refractivity contribution in [1.29, 1.82) is 0 Å². The maximum Gasteiger partial charge on any atom is 0.326 e. The number of rotatable bonds is 8. The van der Waals surface area contributed by atoms with E-state index in [9.17, 15) is 28.7 Å². The average Bonchev–Trinajstić information content (AvgIpc) is 3.16. The first-order valence-electron chi connectivity index (χ1n) is 10.2. The molecular formula is C23H24FN3O5. The van der Waals surface area contributed by atoms with Gasteiger partial charge in [0.25, 0.3) is 0 Å². The number of carbonyl (C=O) groups is 4. The van der Waals surface area contributed by atoms with Gasteiger partial charge in [0.15, 0.2) is 0 Å². The topological polar surface area (TPSA) is 116 Å². The van der Waals surface area contributed by atoms with E-state index in [-0.39, 0.29) is 25.3 Å². The molecule has 2 aromatic carbocycles. The van der Waals surface area contributed by atoms with Crippen LogP contribution in [0.3, 0.4) is 0 Å². The lowest BCUT2D eigenvalue weighted by Crippen LogP contribution is -2.52. The molecule has 0 unspecified atom stereocenters. The van der Waals surface area contributed by atoms with Crippen molar-refractivity contribution in [3.05, 3.63) is 66.0 Å². The summed E-state index contributed by atoms with van der Waals surface area (Å²) >= 11 is 0. The van der Waals surface area contributed by atoms with Crippen LogP contribution in [0.4, 0.5) is 10.1 Å². The molecular weight excluding hydrogens is 417 g/mol. The number of carboxylic acid groups (broad SMARTS) is 1. The van der Waals surface area contributed by atoms with Crippen molar-refractivity contribution in [2.24, 2.45) is 5.92 Å². The van der Waals surface area contributed by atoms with Gasteiger partial charge < -0.3 is 20.6 Å². The average molecular weight is 441 g/mol. The van der Waals surface area contributed by atoms with Crippen LogP contribution >= 0.6 is 0 Å². The highest BCUT2D eigenvalue weighted by molar-refractivity contribution is 6.01. The molecule has 3 rings (SSSR count). The maximum absolute atomic E-state index is 13.1. The van der Waals surface area contributed by atoms with Crippen LogP contribution in [-0.2, 0) is 25.6 Å². The molecule has 3 N–H and O–H groups in total. The van der Waals surface area contributed by atoms with Gasteiger partial charge in [0.05, 0.1) is 5.92 Å². The lowest BCUT2D eigenvalue weighted by atomic mass is 10.1. The number of anilines is 1. The van der Waals surface area contributed by atoms with Crippen molar-refractivity contribution in [3.63, 3.8) is 0 Å². The highest BCUT2D eigenvalue weighted by atomic mass is 19.1. The van der Waals surface area contributed by atoms with Crippen molar-refractivity contribution in [2.75, 3.05) is 11.4 Å². The van der Waals surface area contributed by atoms with Gasteiger partial charge >= 0.3 is 5.97 Å². The van der Waals surface area contributed by atoms with E-state index in [1.54, 1.807) is 30.3 Å². The third kappa shape index (κ3) is 5.69. The third-order valence-electron chi connectivity index (χ3n) is 5.28. The Morgan fingerprint density at radius 2 is 1.75 bits per heavy atom. The summed E-state index contributed by atoms with van der Waals surface area (Å²) in [4.78, 5) is 50.3. The van der Waals surface area contributed by atoms with E-state index in [4.69, 9.17) is 0 Å². The van der Waals surface area contributed by atoms with E-state index in [1.165, 1.54) is 36.1 Å². The third-order valence-corrected chi connectivity index (χ3v) is 5.28. The van der Waals surface area contributed by atoms with Crippen LogP contribution in [0.15, 0.2) is 54.6 Å². The Morgan fingerprint density at radius 1 is 1.09 bits per heavy atom. The van der Waals surface area contributed by atoms with Gasteiger partial charge in [0.1, 0.15) is 17.9 Å². The molecule has 168 valence electrons. The minimum absolute atomic E-state index is 0.0384. The van der Waals surface area contributed by atoms with Crippen LogP contribution < -0.4 is 15.5 Å². The first kappa shape index (κ1) is 22.9. The molecule has 0 spiro atoms. The number of benzene rings is 2. The molecule has 8 nitrogen and oxygen atoms in total. The Balaban J connectivity index is 1.56. The summed E-state index contributed by atoms with van der Waals surface area (Å²) in [5, 5.41) is 14.4.